The SMILES string of the molecule is CC(C)C(CBr)CSc1nnc2ccccn12. The van der Waals surface area contributed by atoms with E-state index in [0.29, 0.717) is 11.8 Å². The number of pyridine rings is 1. The fraction of sp³-hybridized carbons (Fsp3) is 0.500. The Hall–Kier alpha value is -0.550. The highest BCUT2D eigenvalue weighted by molar-refractivity contribution is 9.09. The number of halogens is 1. The minimum Gasteiger partial charge on any atom is -0.277 e. The van der Waals surface area contributed by atoms with Crippen molar-refractivity contribution in [3.05, 3.63) is 24.4 Å². The number of hydrogen-bond acceptors (Lipinski definition) is 3. The summed E-state index contributed by atoms with van der Waals surface area (Å²) in [6.45, 7) is 4.52. The van der Waals surface area contributed by atoms with E-state index in [0.717, 1.165) is 21.9 Å². The first-order valence-electron chi connectivity index (χ1n) is 5.71. The summed E-state index contributed by atoms with van der Waals surface area (Å²) >= 11 is 5.35. The Bertz CT molecular complexity index is 483. The van der Waals surface area contributed by atoms with Gasteiger partial charge in [0.15, 0.2) is 10.8 Å². The summed E-state index contributed by atoms with van der Waals surface area (Å²) in [7, 11) is 0. The molecule has 0 amide bonds. The molecular weight excluding hydrogens is 298 g/mol. The zero-order valence-corrected chi connectivity index (χ0v) is 12.4. The van der Waals surface area contributed by atoms with Crippen molar-refractivity contribution in [3.63, 3.8) is 0 Å². The molecule has 2 aromatic rings. The molecule has 0 aliphatic rings. The third kappa shape index (κ3) is 3.01. The van der Waals surface area contributed by atoms with Gasteiger partial charge in [-0.1, -0.05) is 47.6 Å². The molecule has 0 saturated carbocycles. The summed E-state index contributed by atoms with van der Waals surface area (Å²) in [6.07, 6.45) is 2.01. The van der Waals surface area contributed by atoms with E-state index in [1.807, 2.05) is 28.8 Å². The number of rotatable bonds is 5. The van der Waals surface area contributed by atoms with E-state index >= 15 is 0 Å². The van der Waals surface area contributed by atoms with Crippen molar-refractivity contribution >= 4 is 33.3 Å². The van der Waals surface area contributed by atoms with E-state index in [2.05, 4.69) is 40.0 Å². The summed E-state index contributed by atoms with van der Waals surface area (Å²) in [5.41, 5.74) is 0.912. The second-order valence-electron chi connectivity index (χ2n) is 4.38. The molecule has 1 unspecified atom stereocenters. The highest BCUT2D eigenvalue weighted by Crippen LogP contribution is 2.24. The van der Waals surface area contributed by atoms with Crippen LogP contribution in [0, 0.1) is 11.8 Å². The molecule has 92 valence electrons. The molecule has 5 heteroatoms. The number of thioether (sulfide) groups is 1. The zero-order chi connectivity index (χ0) is 12.3. The summed E-state index contributed by atoms with van der Waals surface area (Å²) in [4.78, 5) is 0. The predicted molar refractivity (Wildman–Crippen MR) is 75.8 cm³/mol. The van der Waals surface area contributed by atoms with Crippen molar-refractivity contribution in [1.29, 1.82) is 0 Å². The minimum atomic E-state index is 0.663. The highest BCUT2D eigenvalue weighted by atomic mass is 79.9. The van der Waals surface area contributed by atoms with E-state index in [9.17, 15) is 0 Å². The fourth-order valence-corrected chi connectivity index (χ4v) is 4.05. The molecule has 2 heterocycles. The number of fused-ring (bicyclic) bond motifs is 1. The van der Waals surface area contributed by atoms with Gasteiger partial charge in [-0.25, -0.2) is 0 Å². The molecule has 0 spiro atoms. The van der Waals surface area contributed by atoms with Gasteiger partial charge in [-0.2, -0.15) is 0 Å². The molecule has 0 bridgehead atoms. The maximum absolute atomic E-state index is 4.22. The minimum absolute atomic E-state index is 0.663. The van der Waals surface area contributed by atoms with Gasteiger partial charge >= 0.3 is 0 Å². The summed E-state index contributed by atoms with van der Waals surface area (Å²) in [6, 6.07) is 5.96. The second-order valence-corrected chi connectivity index (χ2v) is 6.02. The van der Waals surface area contributed by atoms with Crippen molar-refractivity contribution in [2.24, 2.45) is 11.8 Å². The van der Waals surface area contributed by atoms with Gasteiger partial charge in [0.2, 0.25) is 0 Å². The Kier molecular flexibility index (Phi) is 4.45. The van der Waals surface area contributed by atoms with Crippen LogP contribution in [0.4, 0.5) is 0 Å². The van der Waals surface area contributed by atoms with Gasteiger partial charge in [-0.3, -0.25) is 4.40 Å². The molecule has 17 heavy (non-hydrogen) atoms. The quantitative estimate of drug-likeness (QED) is 0.625. The van der Waals surface area contributed by atoms with E-state index in [1.54, 1.807) is 11.8 Å². The van der Waals surface area contributed by atoms with Crippen LogP contribution in [0.15, 0.2) is 29.6 Å². The van der Waals surface area contributed by atoms with Crippen molar-refractivity contribution < 1.29 is 0 Å². The number of alkyl halides is 1. The Labute approximate surface area is 114 Å². The molecule has 1 atom stereocenters. The first-order valence-corrected chi connectivity index (χ1v) is 7.81. The van der Waals surface area contributed by atoms with E-state index in [4.69, 9.17) is 0 Å². The van der Waals surface area contributed by atoms with Crippen molar-refractivity contribution in [1.82, 2.24) is 14.6 Å². The number of hydrogen-bond donors (Lipinski definition) is 0. The smallest absolute Gasteiger partial charge is 0.195 e. The Morgan fingerprint density at radius 1 is 1.35 bits per heavy atom. The molecular formula is C12H16BrN3S. The van der Waals surface area contributed by atoms with E-state index in [1.165, 1.54) is 0 Å². The summed E-state index contributed by atoms with van der Waals surface area (Å²) in [5.74, 6) is 2.41. The molecule has 0 aliphatic carbocycles. The van der Waals surface area contributed by atoms with Gasteiger partial charge in [-0.15, -0.1) is 10.2 Å². The second kappa shape index (κ2) is 5.87. The lowest BCUT2D eigenvalue weighted by atomic mass is 10.0. The summed E-state index contributed by atoms with van der Waals surface area (Å²) < 4.78 is 2.04. The normalized spacial score (nSPS) is 13.4. The predicted octanol–water partition coefficient (Wildman–Crippen LogP) is 3.49. The van der Waals surface area contributed by atoms with E-state index < -0.39 is 0 Å². The number of nitrogens with zero attached hydrogens (tertiary/aromatic N) is 3. The van der Waals surface area contributed by atoms with Gasteiger partial charge in [0.1, 0.15) is 0 Å². The lowest BCUT2D eigenvalue weighted by Gasteiger charge is -2.16. The average molecular weight is 314 g/mol. The monoisotopic (exact) mass is 313 g/mol. The third-order valence-electron chi connectivity index (χ3n) is 2.85. The van der Waals surface area contributed by atoms with Crippen LogP contribution in [0.25, 0.3) is 5.65 Å². The highest BCUT2D eigenvalue weighted by Gasteiger charge is 2.14. The molecule has 0 fully saturated rings. The maximum atomic E-state index is 4.22. The standard InChI is InChI=1S/C12H16BrN3S/c1-9(2)10(7-13)8-17-12-15-14-11-5-3-4-6-16(11)12/h3-6,9-10H,7-8H2,1-2H3. The molecule has 0 radical (unpaired) electrons. The van der Waals surface area contributed by atoms with Crippen LogP contribution in [0.3, 0.4) is 0 Å². The molecule has 0 N–H and O–H groups in total. The molecule has 2 rings (SSSR count). The van der Waals surface area contributed by atoms with Gasteiger partial charge in [0.25, 0.3) is 0 Å². The zero-order valence-electron chi connectivity index (χ0n) is 10.0. The van der Waals surface area contributed by atoms with Crippen LogP contribution in [0.5, 0.6) is 0 Å². The number of aromatic nitrogens is 3. The van der Waals surface area contributed by atoms with E-state index in [-0.39, 0.29) is 0 Å². The molecule has 0 saturated heterocycles. The summed E-state index contributed by atoms with van der Waals surface area (Å²) in [5, 5.41) is 10.4. The molecule has 0 aromatic carbocycles. The van der Waals surface area contributed by atoms with Crippen molar-refractivity contribution in [2.45, 2.75) is 19.0 Å². The molecule has 2 aromatic heterocycles. The van der Waals surface area contributed by atoms with Crippen LogP contribution in [-0.4, -0.2) is 25.7 Å². The Morgan fingerprint density at radius 3 is 2.88 bits per heavy atom. The lowest BCUT2D eigenvalue weighted by Crippen LogP contribution is -2.13. The van der Waals surface area contributed by atoms with Crippen LogP contribution in [0.2, 0.25) is 0 Å². The largest absolute Gasteiger partial charge is 0.277 e. The third-order valence-corrected chi connectivity index (χ3v) is 4.81. The van der Waals surface area contributed by atoms with Gasteiger partial charge in [-0.05, 0) is 24.0 Å². The average Bonchev–Trinajstić information content (AvgIpc) is 2.73. The molecule has 3 nitrogen and oxygen atoms in total. The van der Waals surface area contributed by atoms with Gasteiger partial charge in [0.05, 0.1) is 0 Å². The van der Waals surface area contributed by atoms with Crippen LogP contribution < -0.4 is 0 Å². The van der Waals surface area contributed by atoms with Gasteiger partial charge < -0.3 is 0 Å². The Morgan fingerprint density at radius 2 is 2.18 bits per heavy atom. The fourth-order valence-electron chi connectivity index (χ4n) is 1.51. The van der Waals surface area contributed by atoms with Crippen molar-refractivity contribution in [3.8, 4) is 0 Å². The van der Waals surface area contributed by atoms with Crippen LogP contribution in [0.1, 0.15) is 13.8 Å². The van der Waals surface area contributed by atoms with Crippen LogP contribution >= 0.6 is 27.7 Å². The maximum Gasteiger partial charge on any atom is 0.195 e. The Balaban J connectivity index is 2.08. The first kappa shape index (κ1) is 12.9. The lowest BCUT2D eigenvalue weighted by molar-refractivity contribution is 0.474. The molecule has 0 aliphatic heterocycles. The van der Waals surface area contributed by atoms with Crippen LogP contribution in [-0.2, 0) is 0 Å². The first-order chi connectivity index (χ1) is 8.22. The topological polar surface area (TPSA) is 30.2 Å². The van der Waals surface area contributed by atoms with Gasteiger partial charge in [0, 0.05) is 17.3 Å². The van der Waals surface area contributed by atoms with Crippen molar-refractivity contribution in [2.75, 3.05) is 11.1 Å².